The molecule has 0 fully saturated rings. The lowest BCUT2D eigenvalue weighted by Gasteiger charge is -2.11. The maximum absolute atomic E-state index is 13.1. The van der Waals surface area contributed by atoms with Crippen LogP contribution >= 0.6 is 0 Å². The van der Waals surface area contributed by atoms with Gasteiger partial charge in [0, 0.05) is 24.9 Å². The van der Waals surface area contributed by atoms with Crippen molar-refractivity contribution in [2.45, 2.75) is 19.4 Å². The average molecular weight is 287 g/mol. The Balaban J connectivity index is 1.61. The number of fused-ring (bicyclic) bond motifs is 1. The lowest BCUT2D eigenvalue weighted by Crippen LogP contribution is -2.06. The lowest BCUT2D eigenvalue weighted by molar-refractivity contribution is 0.318. The van der Waals surface area contributed by atoms with E-state index in [1.54, 1.807) is 6.07 Å². The number of hydrogen-bond donors (Lipinski definition) is 1. The van der Waals surface area contributed by atoms with Crippen molar-refractivity contribution in [3.63, 3.8) is 0 Å². The van der Waals surface area contributed by atoms with Gasteiger partial charge in [0.15, 0.2) is 0 Å². The zero-order chi connectivity index (χ0) is 14.7. The van der Waals surface area contributed by atoms with Crippen molar-refractivity contribution in [2.24, 2.45) is 5.73 Å². The molecule has 0 aliphatic carbocycles. The van der Waals surface area contributed by atoms with E-state index < -0.39 is 0 Å². The second-order valence-electron chi connectivity index (χ2n) is 5.10. The predicted molar refractivity (Wildman–Crippen MR) is 79.1 cm³/mol. The van der Waals surface area contributed by atoms with Crippen molar-refractivity contribution < 1.29 is 13.9 Å². The minimum absolute atomic E-state index is 0.267. The van der Waals surface area contributed by atoms with Gasteiger partial charge in [-0.05, 0) is 35.4 Å². The molecule has 21 heavy (non-hydrogen) atoms. The van der Waals surface area contributed by atoms with Crippen LogP contribution in [-0.2, 0) is 19.4 Å². The van der Waals surface area contributed by atoms with Crippen LogP contribution in [0.4, 0.5) is 4.39 Å². The molecule has 1 aliphatic rings. The first-order valence-electron chi connectivity index (χ1n) is 7.12. The van der Waals surface area contributed by atoms with E-state index in [4.69, 9.17) is 15.2 Å². The van der Waals surface area contributed by atoms with Crippen LogP contribution in [0.5, 0.6) is 11.5 Å². The topological polar surface area (TPSA) is 44.5 Å². The van der Waals surface area contributed by atoms with Crippen molar-refractivity contribution in [1.82, 2.24) is 0 Å². The molecule has 3 nitrogen and oxygen atoms in total. The Kier molecular flexibility index (Phi) is 4.06. The third kappa shape index (κ3) is 3.16. The van der Waals surface area contributed by atoms with E-state index in [1.165, 1.54) is 23.3 Å². The Morgan fingerprint density at radius 1 is 1.19 bits per heavy atom. The number of benzene rings is 2. The molecule has 110 valence electrons. The van der Waals surface area contributed by atoms with Gasteiger partial charge in [-0.2, -0.15) is 0 Å². The van der Waals surface area contributed by atoms with Crippen LogP contribution < -0.4 is 15.2 Å². The Bertz CT molecular complexity index is 643. The fourth-order valence-electron chi connectivity index (χ4n) is 2.52. The van der Waals surface area contributed by atoms with Gasteiger partial charge in [0.25, 0.3) is 0 Å². The first kappa shape index (κ1) is 13.9. The quantitative estimate of drug-likeness (QED) is 0.919. The van der Waals surface area contributed by atoms with E-state index in [-0.39, 0.29) is 12.4 Å². The molecule has 0 saturated heterocycles. The summed E-state index contributed by atoms with van der Waals surface area (Å²) in [5.41, 5.74) is 8.77. The van der Waals surface area contributed by atoms with Crippen LogP contribution in [0.15, 0.2) is 36.4 Å². The molecule has 1 heterocycles. The number of ether oxygens (including phenoxy) is 2. The molecule has 0 bridgehead atoms. The van der Waals surface area contributed by atoms with Gasteiger partial charge < -0.3 is 15.2 Å². The highest BCUT2D eigenvalue weighted by atomic mass is 19.1. The van der Waals surface area contributed by atoms with Crippen LogP contribution in [0, 0.1) is 5.82 Å². The molecule has 2 N–H and O–H groups in total. The summed E-state index contributed by atoms with van der Waals surface area (Å²) in [7, 11) is 0. The summed E-state index contributed by atoms with van der Waals surface area (Å²) >= 11 is 0. The van der Waals surface area contributed by atoms with Crippen molar-refractivity contribution >= 4 is 0 Å². The highest BCUT2D eigenvalue weighted by Gasteiger charge is 2.12. The number of halogens is 1. The van der Waals surface area contributed by atoms with Crippen molar-refractivity contribution in [3.8, 4) is 11.5 Å². The molecule has 0 atom stereocenters. The summed E-state index contributed by atoms with van der Waals surface area (Å²) in [5.74, 6) is 1.36. The summed E-state index contributed by atoms with van der Waals surface area (Å²) in [4.78, 5) is 0. The van der Waals surface area contributed by atoms with Crippen LogP contribution in [0.2, 0.25) is 0 Å². The van der Waals surface area contributed by atoms with Gasteiger partial charge in [0.1, 0.15) is 17.3 Å². The Morgan fingerprint density at radius 3 is 2.95 bits per heavy atom. The van der Waals surface area contributed by atoms with E-state index in [1.807, 2.05) is 6.07 Å². The zero-order valence-electron chi connectivity index (χ0n) is 11.8. The summed E-state index contributed by atoms with van der Waals surface area (Å²) in [6.07, 6.45) is 1.77. The molecular weight excluding hydrogens is 269 g/mol. The first-order valence-corrected chi connectivity index (χ1v) is 7.12. The van der Waals surface area contributed by atoms with E-state index >= 15 is 0 Å². The molecule has 0 amide bonds. The smallest absolute Gasteiger partial charge is 0.123 e. The van der Waals surface area contributed by atoms with Crippen LogP contribution in [0.1, 0.15) is 16.7 Å². The Labute approximate surface area is 123 Å². The average Bonchev–Trinajstić information content (AvgIpc) is 2.96. The standard InChI is InChI=1S/C17H18FNO2/c18-15-2-4-17(14(10-15)11-19)20-7-5-12-1-3-16-13(9-12)6-8-21-16/h1-4,9-10H,5-8,11,19H2. The minimum Gasteiger partial charge on any atom is -0.493 e. The second-order valence-corrected chi connectivity index (χ2v) is 5.10. The van der Waals surface area contributed by atoms with Gasteiger partial charge in [-0.3, -0.25) is 0 Å². The molecule has 0 unspecified atom stereocenters. The highest BCUT2D eigenvalue weighted by Crippen LogP contribution is 2.26. The SMILES string of the molecule is NCc1cc(F)ccc1OCCc1ccc2c(c1)CCO2. The van der Waals surface area contributed by atoms with Gasteiger partial charge in [-0.25, -0.2) is 4.39 Å². The minimum atomic E-state index is -0.290. The summed E-state index contributed by atoms with van der Waals surface area (Å²) < 4.78 is 24.3. The first-order chi connectivity index (χ1) is 10.3. The van der Waals surface area contributed by atoms with Crippen LogP contribution in [0.25, 0.3) is 0 Å². The normalized spacial score (nSPS) is 12.9. The predicted octanol–water partition coefficient (Wildman–Crippen LogP) is 2.84. The number of hydrogen-bond acceptors (Lipinski definition) is 3. The van der Waals surface area contributed by atoms with Gasteiger partial charge in [-0.15, -0.1) is 0 Å². The Morgan fingerprint density at radius 2 is 2.10 bits per heavy atom. The molecule has 1 aliphatic heterocycles. The third-order valence-corrected chi connectivity index (χ3v) is 3.64. The number of nitrogens with two attached hydrogens (primary N) is 1. The lowest BCUT2D eigenvalue weighted by atomic mass is 10.1. The third-order valence-electron chi connectivity index (χ3n) is 3.64. The molecular formula is C17H18FNO2. The molecule has 3 rings (SSSR count). The molecule has 0 saturated carbocycles. The van der Waals surface area contributed by atoms with Crippen molar-refractivity contribution in [1.29, 1.82) is 0 Å². The molecule has 2 aromatic carbocycles. The van der Waals surface area contributed by atoms with Crippen LogP contribution in [-0.4, -0.2) is 13.2 Å². The molecule has 0 radical (unpaired) electrons. The van der Waals surface area contributed by atoms with Gasteiger partial charge in [0.05, 0.1) is 13.2 Å². The maximum Gasteiger partial charge on any atom is 0.123 e. The van der Waals surface area contributed by atoms with Gasteiger partial charge >= 0.3 is 0 Å². The van der Waals surface area contributed by atoms with Gasteiger partial charge in [0.2, 0.25) is 0 Å². The maximum atomic E-state index is 13.1. The molecule has 0 aromatic heterocycles. The second kappa shape index (κ2) is 6.14. The summed E-state index contributed by atoms with van der Waals surface area (Å²) in [6, 6.07) is 10.7. The van der Waals surface area contributed by atoms with Gasteiger partial charge in [-0.1, -0.05) is 12.1 Å². The zero-order valence-corrected chi connectivity index (χ0v) is 11.8. The molecule has 4 heteroatoms. The summed E-state index contributed by atoms with van der Waals surface area (Å²) in [5, 5.41) is 0. The highest BCUT2D eigenvalue weighted by molar-refractivity contribution is 5.40. The van der Waals surface area contributed by atoms with Crippen molar-refractivity contribution in [3.05, 3.63) is 58.9 Å². The fourth-order valence-corrected chi connectivity index (χ4v) is 2.52. The van der Waals surface area contributed by atoms with E-state index in [0.717, 1.165) is 25.2 Å². The molecule has 2 aromatic rings. The summed E-state index contributed by atoms with van der Waals surface area (Å²) in [6.45, 7) is 1.58. The monoisotopic (exact) mass is 287 g/mol. The largest absolute Gasteiger partial charge is 0.493 e. The fraction of sp³-hybridized carbons (Fsp3) is 0.294. The van der Waals surface area contributed by atoms with E-state index in [0.29, 0.717) is 17.9 Å². The Hall–Kier alpha value is -2.07. The van der Waals surface area contributed by atoms with E-state index in [2.05, 4.69) is 12.1 Å². The number of rotatable bonds is 5. The van der Waals surface area contributed by atoms with Crippen LogP contribution in [0.3, 0.4) is 0 Å². The van der Waals surface area contributed by atoms with E-state index in [9.17, 15) is 4.39 Å². The van der Waals surface area contributed by atoms with Crippen molar-refractivity contribution in [2.75, 3.05) is 13.2 Å². The molecule has 0 spiro atoms.